The van der Waals surface area contributed by atoms with Crippen molar-refractivity contribution in [2.75, 3.05) is 13.1 Å². The Morgan fingerprint density at radius 3 is 2.62 bits per heavy atom. The summed E-state index contributed by atoms with van der Waals surface area (Å²) in [5, 5.41) is 0. The molecule has 1 unspecified atom stereocenters. The van der Waals surface area contributed by atoms with Crippen molar-refractivity contribution in [1.82, 2.24) is 9.80 Å². The second-order valence-corrected chi connectivity index (χ2v) is 5.44. The third-order valence-electron chi connectivity index (χ3n) is 4.24. The lowest BCUT2D eigenvalue weighted by Gasteiger charge is -2.46. The molecule has 3 aliphatic rings. The van der Waals surface area contributed by atoms with Gasteiger partial charge in [0.25, 0.3) is 0 Å². The van der Waals surface area contributed by atoms with Crippen LogP contribution in [0.2, 0.25) is 0 Å². The van der Waals surface area contributed by atoms with Crippen molar-refractivity contribution in [3.05, 3.63) is 0 Å². The van der Waals surface area contributed by atoms with E-state index in [1.807, 2.05) is 4.90 Å². The molecule has 4 heteroatoms. The Balaban J connectivity index is 1.76. The second-order valence-electron chi connectivity index (χ2n) is 5.44. The zero-order chi connectivity index (χ0) is 11.3. The fraction of sp³-hybridized carbons (Fsp3) is 0.833. The molecule has 3 fully saturated rings. The molecule has 4 nitrogen and oxygen atoms in total. The van der Waals surface area contributed by atoms with Gasteiger partial charge in [-0.2, -0.15) is 0 Å². The monoisotopic (exact) mass is 222 g/mol. The van der Waals surface area contributed by atoms with Crippen LogP contribution >= 0.6 is 0 Å². The molecule has 2 amide bonds. The van der Waals surface area contributed by atoms with Crippen molar-refractivity contribution in [2.45, 2.75) is 44.7 Å². The van der Waals surface area contributed by atoms with Crippen LogP contribution in [0.5, 0.6) is 0 Å². The van der Waals surface area contributed by atoms with Crippen molar-refractivity contribution in [1.29, 1.82) is 0 Å². The molecule has 2 heterocycles. The van der Waals surface area contributed by atoms with Crippen LogP contribution < -0.4 is 0 Å². The number of hydrogen-bond acceptors (Lipinski definition) is 2. The van der Waals surface area contributed by atoms with Gasteiger partial charge in [0.15, 0.2) is 0 Å². The van der Waals surface area contributed by atoms with Gasteiger partial charge in [-0.05, 0) is 31.6 Å². The third-order valence-corrected chi connectivity index (χ3v) is 4.24. The fourth-order valence-corrected chi connectivity index (χ4v) is 3.25. The van der Waals surface area contributed by atoms with Crippen LogP contribution in [-0.2, 0) is 9.59 Å². The SMILES string of the molecule is CC1CC(N2CC(=O)N3CCCC3C2=O)C1. The molecule has 1 atom stereocenters. The summed E-state index contributed by atoms with van der Waals surface area (Å²) in [5.41, 5.74) is 0. The van der Waals surface area contributed by atoms with Gasteiger partial charge >= 0.3 is 0 Å². The Morgan fingerprint density at radius 2 is 1.94 bits per heavy atom. The standard InChI is InChI=1S/C12H18N2O2/c1-8-5-9(6-8)14-7-11(15)13-4-2-3-10(13)12(14)16/h8-10H,2-7H2,1H3. The summed E-state index contributed by atoms with van der Waals surface area (Å²) >= 11 is 0. The third kappa shape index (κ3) is 1.35. The molecule has 88 valence electrons. The summed E-state index contributed by atoms with van der Waals surface area (Å²) in [6.45, 7) is 3.31. The van der Waals surface area contributed by atoms with E-state index >= 15 is 0 Å². The number of hydrogen-bond donors (Lipinski definition) is 0. The van der Waals surface area contributed by atoms with E-state index in [0.29, 0.717) is 12.6 Å². The summed E-state index contributed by atoms with van der Waals surface area (Å²) in [4.78, 5) is 27.7. The predicted molar refractivity (Wildman–Crippen MR) is 58.6 cm³/mol. The highest BCUT2D eigenvalue weighted by Crippen LogP contribution is 2.34. The minimum Gasteiger partial charge on any atom is -0.329 e. The molecule has 0 aromatic heterocycles. The maximum Gasteiger partial charge on any atom is 0.246 e. The number of piperazine rings is 1. The summed E-state index contributed by atoms with van der Waals surface area (Å²) in [7, 11) is 0. The first-order chi connectivity index (χ1) is 7.66. The van der Waals surface area contributed by atoms with Crippen molar-refractivity contribution < 1.29 is 9.59 Å². The number of amides is 2. The van der Waals surface area contributed by atoms with E-state index in [4.69, 9.17) is 0 Å². The predicted octanol–water partition coefficient (Wildman–Crippen LogP) is 0.618. The zero-order valence-electron chi connectivity index (χ0n) is 9.69. The maximum absolute atomic E-state index is 12.2. The molecule has 0 radical (unpaired) electrons. The van der Waals surface area contributed by atoms with Crippen LogP contribution in [0.3, 0.4) is 0 Å². The minimum absolute atomic E-state index is 0.128. The molecular weight excluding hydrogens is 204 g/mol. The molecule has 2 aliphatic heterocycles. The van der Waals surface area contributed by atoms with E-state index in [1.165, 1.54) is 0 Å². The van der Waals surface area contributed by atoms with Crippen LogP contribution in [0.15, 0.2) is 0 Å². The largest absolute Gasteiger partial charge is 0.329 e. The van der Waals surface area contributed by atoms with Gasteiger partial charge in [-0.1, -0.05) is 6.92 Å². The van der Waals surface area contributed by atoms with Crippen LogP contribution in [0.25, 0.3) is 0 Å². The van der Waals surface area contributed by atoms with E-state index in [1.54, 1.807) is 4.90 Å². The number of carbonyl (C=O) groups is 2. The summed E-state index contributed by atoms with van der Waals surface area (Å²) in [6.07, 6.45) is 4.00. The van der Waals surface area contributed by atoms with E-state index in [9.17, 15) is 9.59 Å². The second kappa shape index (κ2) is 3.47. The molecule has 0 bridgehead atoms. The van der Waals surface area contributed by atoms with Crippen molar-refractivity contribution in [2.24, 2.45) is 5.92 Å². The summed E-state index contributed by atoms with van der Waals surface area (Å²) < 4.78 is 0. The molecule has 16 heavy (non-hydrogen) atoms. The molecule has 0 N–H and O–H groups in total. The highest BCUT2D eigenvalue weighted by Gasteiger charge is 2.46. The molecule has 2 saturated heterocycles. The van der Waals surface area contributed by atoms with Crippen LogP contribution in [0.1, 0.15) is 32.6 Å². The molecular formula is C12H18N2O2. The fourth-order valence-electron chi connectivity index (χ4n) is 3.25. The first-order valence-corrected chi connectivity index (χ1v) is 6.27. The lowest BCUT2D eigenvalue weighted by atomic mass is 9.80. The number of nitrogens with zero attached hydrogens (tertiary/aromatic N) is 2. The average Bonchev–Trinajstić information content (AvgIpc) is 2.68. The Kier molecular flexibility index (Phi) is 2.19. The lowest BCUT2D eigenvalue weighted by Crippen LogP contribution is -2.61. The number of fused-ring (bicyclic) bond motifs is 1. The van der Waals surface area contributed by atoms with Crippen molar-refractivity contribution in [3.8, 4) is 0 Å². The first kappa shape index (κ1) is 10.1. The topological polar surface area (TPSA) is 40.6 Å². The van der Waals surface area contributed by atoms with Gasteiger partial charge in [0, 0.05) is 12.6 Å². The Bertz CT molecular complexity index is 336. The Morgan fingerprint density at radius 1 is 1.19 bits per heavy atom. The average molecular weight is 222 g/mol. The Labute approximate surface area is 95.6 Å². The molecule has 1 saturated carbocycles. The molecule has 0 aromatic carbocycles. The number of carbonyl (C=O) groups excluding carboxylic acids is 2. The summed E-state index contributed by atoms with van der Waals surface area (Å²) in [5.74, 6) is 1.07. The van der Waals surface area contributed by atoms with Crippen molar-refractivity contribution >= 4 is 11.8 Å². The Hall–Kier alpha value is -1.06. The van der Waals surface area contributed by atoms with E-state index in [-0.39, 0.29) is 17.9 Å². The van der Waals surface area contributed by atoms with Crippen LogP contribution in [0.4, 0.5) is 0 Å². The van der Waals surface area contributed by atoms with Gasteiger partial charge in [-0.3, -0.25) is 9.59 Å². The van der Waals surface area contributed by atoms with E-state index in [0.717, 1.165) is 38.1 Å². The highest BCUT2D eigenvalue weighted by atomic mass is 16.2. The van der Waals surface area contributed by atoms with E-state index < -0.39 is 0 Å². The first-order valence-electron chi connectivity index (χ1n) is 6.27. The smallest absolute Gasteiger partial charge is 0.246 e. The molecule has 0 aromatic rings. The number of rotatable bonds is 1. The van der Waals surface area contributed by atoms with E-state index in [2.05, 4.69) is 6.92 Å². The lowest BCUT2D eigenvalue weighted by molar-refractivity contribution is -0.158. The molecule has 3 rings (SSSR count). The zero-order valence-corrected chi connectivity index (χ0v) is 9.69. The van der Waals surface area contributed by atoms with Gasteiger partial charge in [0.05, 0.1) is 0 Å². The highest BCUT2D eigenvalue weighted by molar-refractivity contribution is 5.95. The van der Waals surface area contributed by atoms with Gasteiger partial charge in [0.2, 0.25) is 11.8 Å². The van der Waals surface area contributed by atoms with Gasteiger partial charge in [-0.25, -0.2) is 0 Å². The maximum atomic E-state index is 12.2. The minimum atomic E-state index is -0.128. The molecule has 0 spiro atoms. The van der Waals surface area contributed by atoms with Gasteiger partial charge < -0.3 is 9.80 Å². The van der Waals surface area contributed by atoms with Crippen molar-refractivity contribution in [3.63, 3.8) is 0 Å². The summed E-state index contributed by atoms with van der Waals surface area (Å²) in [6, 6.07) is 0.214. The van der Waals surface area contributed by atoms with Crippen LogP contribution in [-0.4, -0.2) is 46.8 Å². The molecule has 1 aliphatic carbocycles. The van der Waals surface area contributed by atoms with Crippen LogP contribution in [0, 0.1) is 5.92 Å². The van der Waals surface area contributed by atoms with Gasteiger partial charge in [-0.15, -0.1) is 0 Å². The normalized spacial score (nSPS) is 38.7. The quantitative estimate of drug-likeness (QED) is 0.652. The van der Waals surface area contributed by atoms with Gasteiger partial charge in [0.1, 0.15) is 12.6 Å².